The van der Waals surface area contributed by atoms with Crippen molar-refractivity contribution in [2.24, 2.45) is 0 Å². The molecular weight excluding hydrogens is 93.1 g/mol. The molecule has 1 atom stereocenters. The first-order valence-corrected chi connectivity index (χ1v) is 1.97. The molecule has 0 aromatic rings. The molecule has 1 unspecified atom stereocenters. The Morgan fingerprint density at radius 3 is 2.57 bits per heavy atom. The Morgan fingerprint density at radius 1 is 1.86 bits per heavy atom. The molecule has 0 spiro atoms. The van der Waals surface area contributed by atoms with Crippen molar-refractivity contribution < 1.29 is 4.39 Å². The highest BCUT2D eigenvalue weighted by molar-refractivity contribution is 4.99. The number of nitriles is 1. The second-order valence-electron chi connectivity index (χ2n) is 1.06. The van der Waals surface area contributed by atoms with Gasteiger partial charge >= 0.3 is 0 Å². The number of nitrogens with zero attached hydrogens (tertiary/aromatic N) is 1. The first-order valence-electron chi connectivity index (χ1n) is 1.97. The number of rotatable bonds is 1. The Morgan fingerprint density at radius 2 is 2.43 bits per heavy atom. The van der Waals surface area contributed by atoms with E-state index in [2.05, 4.69) is 0 Å². The van der Waals surface area contributed by atoms with Gasteiger partial charge in [0.1, 0.15) is 6.07 Å². The van der Waals surface area contributed by atoms with E-state index >= 15 is 0 Å². The van der Waals surface area contributed by atoms with Crippen LogP contribution in [-0.4, -0.2) is 6.17 Å². The van der Waals surface area contributed by atoms with Gasteiger partial charge in [0.2, 0.25) is 6.17 Å². The van der Waals surface area contributed by atoms with Gasteiger partial charge in [0.25, 0.3) is 0 Å². The monoisotopic (exact) mass is 99.0 g/mol. The minimum atomic E-state index is -1.43. The molecule has 0 bridgehead atoms. The second kappa shape index (κ2) is 3.35. The number of halogens is 1. The van der Waals surface area contributed by atoms with Crippen LogP contribution < -0.4 is 0 Å². The van der Waals surface area contributed by atoms with Crippen LogP contribution >= 0.6 is 0 Å². The van der Waals surface area contributed by atoms with Gasteiger partial charge < -0.3 is 0 Å². The van der Waals surface area contributed by atoms with Crippen molar-refractivity contribution in [1.82, 2.24) is 0 Å². The van der Waals surface area contributed by atoms with Gasteiger partial charge in [-0.05, 0) is 13.0 Å². The normalized spacial score (nSPS) is 13.9. The summed E-state index contributed by atoms with van der Waals surface area (Å²) in [5.41, 5.74) is 0. The van der Waals surface area contributed by atoms with Gasteiger partial charge in [0.15, 0.2) is 0 Å². The fourth-order valence-electron chi connectivity index (χ4n) is 0.212. The lowest BCUT2D eigenvalue weighted by atomic mass is 10.4. The van der Waals surface area contributed by atoms with Crippen molar-refractivity contribution >= 4 is 0 Å². The number of hydrogen-bond donors (Lipinski definition) is 0. The number of allylic oxidation sites excluding steroid dienone is 2. The van der Waals surface area contributed by atoms with E-state index in [9.17, 15) is 4.39 Å². The van der Waals surface area contributed by atoms with Crippen LogP contribution in [-0.2, 0) is 0 Å². The maximum atomic E-state index is 11.7. The van der Waals surface area contributed by atoms with Gasteiger partial charge in [-0.15, -0.1) is 0 Å². The largest absolute Gasteiger partial charge is 0.226 e. The molecule has 0 aliphatic heterocycles. The maximum Gasteiger partial charge on any atom is 0.204 e. The molecule has 1 nitrogen and oxygen atoms in total. The van der Waals surface area contributed by atoms with Gasteiger partial charge in [0.05, 0.1) is 0 Å². The topological polar surface area (TPSA) is 23.8 Å². The fourth-order valence-corrected chi connectivity index (χ4v) is 0.212. The lowest BCUT2D eigenvalue weighted by Crippen LogP contribution is -1.84. The second-order valence-corrected chi connectivity index (χ2v) is 1.06. The molecule has 0 aliphatic rings. The highest BCUT2D eigenvalue weighted by Gasteiger charge is 1.91. The lowest BCUT2D eigenvalue weighted by molar-refractivity contribution is 0.477. The van der Waals surface area contributed by atoms with E-state index in [1.54, 1.807) is 6.92 Å². The van der Waals surface area contributed by atoms with E-state index in [-0.39, 0.29) is 0 Å². The van der Waals surface area contributed by atoms with Crippen LogP contribution in [0.5, 0.6) is 0 Å². The summed E-state index contributed by atoms with van der Waals surface area (Å²) in [7, 11) is 0. The van der Waals surface area contributed by atoms with Crippen molar-refractivity contribution in [1.29, 1.82) is 5.26 Å². The molecule has 0 rings (SSSR count). The molecule has 0 aliphatic carbocycles. The quantitative estimate of drug-likeness (QED) is 0.456. The highest BCUT2D eigenvalue weighted by Crippen LogP contribution is 1.87. The zero-order valence-corrected chi connectivity index (χ0v) is 4.06. The molecule has 2 heteroatoms. The first kappa shape index (κ1) is 6.16. The van der Waals surface area contributed by atoms with Crippen molar-refractivity contribution in [2.45, 2.75) is 13.1 Å². The fraction of sp³-hybridized carbons (Fsp3) is 0.400. The summed E-state index contributed by atoms with van der Waals surface area (Å²) in [6.07, 6.45) is 1.28. The zero-order chi connectivity index (χ0) is 5.70. The molecule has 0 aromatic carbocycles. The summed E-state index contributed by atoms with van der Waals surface area (Å²) in [4.78, 5) is 0. The molecule has 7 heavy (non-hydrogen) atoms. The van der Waals surface area contributed by atoms with Crippen molar-refractivity contribution in [2.75, 3.05) is 0 Å². The Balaban J connectivity index is 3.42. The van der Waals surface area contributed by atoms with Crippen LogP contribution in [0.25, 0.3) is 0 Å². The molecule has 0 radical (unpaired) electrons. The minimum Gasteiger partial charge on any atom is -0.226 e. The van der Waals surface area contributed by atoms with Crippen LogP contribution in [0, 0.1) is 11.3 Å². The Labute approximate surface area is 42.1 Å². The van der Waals surface area contributed by atoms with Gasteiger partial charge in [-0.2, -0.15) is 5.26 Å². The molecule has 0 heterocycles. The average molecular weight is 99.1 g/mol. The molecule has 0 saturated carbocycles. The van der Waals surface area contributed by atoms with E-state index < -0.39 is 6.17 Å². The van der Waals surface area contributed by atoms with E-state index in [0.717, 1.165) is 0 Å². The SMILES string of the molecule is C/C=C/C(F)C#N. The van der Waals surface area contributed by atoms with Crippen LogP contribution in [0.4, 0.5) is 4.39 Å². The van der Waals surface area contributed by atoms with Gasteiger partial charge in [-0.3, -0.25) is 0 Å². The average Bonchev–Trinajstić information content (AvgIpc) is 1.68. The van der Waals surface area contributed by atoms with Crippen LogP contribution in [0.2, 0.25) is 0 Å². The van der Waals surface area contributed by atoms with Crippen molar-refractivity contribution in [3.63, 3.8) is 0 Å². The summed E-state index contributed by atoms with van der Waals surface area (Å²) < 4.78 is 11.7. The van der Waals surface area contributed by atoms with E-state index in [4.69, 9.17) is 5.26 Å². The highest BCUT2D eigenvalue weighted by atomic mass is 19.1. The Kier molecular flexibility index (Phi) is 2.95. The van der Waals surface area contributed by atoms with Crippen molar-refractivity contribution in [3.05, 3.63) is 12.2 Å². The Bertz CT molecular complexity index is 101. The predicted molar refractivity (Wildman–Crippen MR) is 25.3 cm³/mol. The smallest absolute Gasteiger partial charge is 0.204 e. The Hall–Kier alpha value is -0.840. The summed E-state index contributed by atoms with van der Waals surface area (Å²) >= 11 is 0. The van der Waals surface area contributed by atoms with Crippen LogP contribution in [0.15, 0.2) is 12.2 Å². The third-order valence-electron chi connectivity index (χ3n) is 0.485. The molecule has 38 valence electrons. The van der Waals surface area contributed by atoms with Crippen LogP contribution in [0.3, 0.4) is 0 Å². The number of hydrogen-bond acceptors (Lipinski definition) is 1. The summed E-state index contributed by atoms with van der Waals surface area (Å²) in [5, 5.41) is 7.79. The molecule has 0 saturated heterocycles. The van der Waals surface area contributed by atoms with Gasteiger partial charge in [-0.1, -0.05) is 6.08 Å². The van der Waals surface area contributed by atoms with Crippen LogP contribution in [0.1, 0.15) is 6.92 Å². The van der Waals surface area contributed by atoms with E-state index in [1.165, 1.54) is 18.2 Å². The summed E-state index contributed by atoms with van der Waals surface area (Å²) in [6, 6.07) is 1.41. The third kappa shape index (κ3) is 2.98. The van der Waals surface area contributed by atoms with Gasteiger partial charge in [-0.25, -0.2) is 4.39 Å². The standard InChI is InChI=1S/C5H6FN/c1-2-3-5(6)4-7/h2-3,5H,1H3/b3-2+. The molecule has 0 amide bonds. The molecule has 0 aromatic heterocycles. The third-order valence-corrected chi connectivity index (χ3v) is 0.485. The van der Waals surface area contributed by atoms with E-state index in [1.807, 2.05) is 0 Å². The summed E-state index contributed by atoms with van der Waals surface area (Å²) in [5.74, 6) is 0. The number of alkyl halides is 1. The predicted octanol–water partition coefficient (Wildman–Crippen LogP) is 1.42. The summed E-state index contributed by atoms with van der Waals surface area (Å²) in [6.45, 7) is 1.67. The van der Waals surface area contributed by atoms with Gasteiger partial charge in [0, 0.05) is 0 Å². The maximum absolute atomic E-state index is 11.7. The first-order chi connectivity index (χ1) is 3.31. The van der Waals surface area contributed by atoms with Crippen molar-refractivity contribution in [3.8, 4) is 6.07 Å². The minimum absolute atomic E-state index is 1.19. The molecular formula is C5H6FN. The molecule has 0 N–H and O–H groups in total. The molecule has 0 fully saturated rings. The zero-order valence-electron chi connectivity index (χ0n) is 4.06. The lowest BCUT2D eigenvalue weighted by Gasteiger charge is -1.79. The van der Waals surface area contributed by atoms with E-state index in [0.29, 0.717) is 0 Å².